The number of nitrogens with zero attached hydrogens (tertiary/aromatic N) is 2. The highest BCUT2D eigenvalue weighted by Gasteiger charge is 2.33. The van der Waals surface area contributed by atoms with Crippen LogP contribution in [-0.2, 0) is 0 Å². The highest BCUT2D eigenvalue weighted by atomic mass is 19.4. The summed E-state index contributed by atoms with van der Waals surface area (Å²) in [7, 11) is 1.80. The molecule has 1 aliphatic heterocycles. The van der Waals surface area contributed by atoms with Crippen molar-refractivity contribution >= 4 is 5.70 Å². The minimum absolute atomic E-state index is 0.296. The van der Waals surface area contributed by atoms with E-state index in [4.69, 9.17) is 5.73 Å². The number of unbranched alkanes of at least 4 members (excludes halogenated alkanes) is 3. The van der Waals surface area contributed by atoms with Crippen LogP contribution in [0.3, 0.4) is 0 Å². The van der Waals surface area contributed by atoms with E-state index in [1.54, 1.807) is 31.6 Å². The predicted molar refractivity (Wildman–Crippen MR) is 153 cm³/mol. The molecule has 0 aliphatic carbocycles. The molecule has 1 aromatic heterocycles. The number of aromatic nitrogens is 1. The molecule has 3 unspecified atom stereocenters. The predicted octanol–water partition coefficient (Wildman–Crippen LogP) is 9.37. The van der Waals surface area contributed by atoms with Gasteiger partial charge in [0.05, 0.1) is 6.04 Å². The lowest BCUT2D eigenvalue weighted by Crippen LogP contribution is -2.26. The fraction of sp³-hybridized carbons (Fsp3) is 0.581. The minimum atomic E-state index is -4.83. The van der Waals surface area contributed by atoms with Gasteiger partial charge in [-0.05, 0) is 60.9 Å². The van der Waals surface area contributed by atoms with Gasteiger partial charge in [0.1, 0.15) is 11.9 Å². The van der Waals surface area contributed by atoms with Gasteiger partial charge in [-0.2, -0.15) is 0 Å². The van der Waals surface area contributed by atoms with Crippen LogP contribution in [0.5, 0.6) is 5.75 Å². The average Bonchev–Trinajstić information content (AvgIpc) is 3.02. The van der Waals surface area contributed by atoms with Crippen molar-refractivity contribution in [3.8, 4) is 5.75 Å². The summed E-state index contributed by atoms with van der Waals surface area (Å²) in [4.78, 5) is 5.97. The van der Waals surface area contributed by atoms with Crippen molar-refractivity contribution in [2.24, 2.45) is 11.7 Å². The molecule has 0 spiro atoms. The van der Waals surface area contributed by atoms with E-state index in [1.807, 2.05) is 18.7 Å². The van der Waals surface area contributed by atoms with Crippen LogP contribution < -0.4 is 10.5 Å². The van der Waals surface area contributed by atoms with E-state index in [-0.39, 0.29) is 0 Å². The molecule has 39 heavy (non-hydrogen) atoms. The summed E-state index contributed by atoms with van der Waals surface area (Å²) >= 11 is 0. The number of ether oxygens (including phenoxy) is 1. The third kappa shape index (κ3) is 11.2. The number of nitrogens with two attached hydrogens (primary N) is 1. The zero-order chi connectivity index (χ0) is 29.6. The second-order valence-electron chi connectivity index (χ2n) is 9.78. The number of hydrogen-bond donors (Lipinski definition) is 1. The molecule has 1 aliphatic rings. The van der Waals surface area contributed by atoms with Crippen molar-refractivity contribution in [3.63, 3.8) is 0 Å². The number of fused-ring (bicyclic) bond motifs is 1. The summed E-state index contributed by atoms with van der Waals surface area (Å²) in [5.41, 5.74) is 8.73. The number of rotatable bonds is 9. The lowest BCUT2D eigenvalue weighted by molar-refractivity contribution is -0.274. The molecule has 3 rings (SSSR count). The summed E-state index contributed by atoms with van der Waals surface area (Å²) in [6.07, 6.45) is 7.25. The van der Waals surface area contributed by atoms with Crippen molar-refractivity contribution in [1.82, 2.24) is 9.88 Å². The molecule has 2 heterocycles. The van der Waals surface area contributed by atoms with Gasteiger partial charge in [0.15, 0.2) is 0 Å². The van der Waals surface area contributed by atoms with Crippen LogP contribution in [-0.4, -0.2) is 29.8 Å². The molecule has 0 radical (unpaired) electrons. The average molecular weight is 554 g/mol. The second-order valence-corrected chi connectivity index (χ2v) is 9.78. The standard InChI is InChI=1S/C19H19F4N3O.C10H22.C2H6/c1-11(20)13-4-3-12(27-19(21,22)23)9-15(13)18-14-5-7-25-10-16(14)17(24)6-8-26(18)2;1-4-6-7-8-9-10(3)5-2;1-2/h3-7,9-11,18H,8,24H2,1-2H3;10H,4-9H2,1-3H3;1-2H3. The SMILES string of the molecule is CC.CC(F)c1ccc(OC(F)(F)F)cc1C1c2ccncc2C(N)=CCN1C.CCCCCCC(C)CC. The van der Waals surface area contributed by atoms with Crippen LogP contribution >= 0.6 is 0 Å². The molecular weight excluding hydrogens is 506 g/mol. The molecule has 220 valence electrons. The number of benzene rings is 1. The molecular formula is C31H47F4N3O. The Balaban J connectivity index is 0.000000537. The number of alkyl halides is 4. The van der Waals surface area contributed by atoms with Crippen LogP contribution in [0.4, 0.5) is 17.6 Å². The first-order valence-electron chi connectivity index (χ1n) is 14.1. The fourth-order valence-corrected chi connectivity index (χ4v) is 4.46. The summed E-state index contributed by atoms with van der Waals surface area (Å²) in [5, 5.41) is 0. The Morgan fingerprint density at radius 2 is 1.77 bits per heavy atom. The molecule has 0 amide bonds. The van der Waals surface area contributed by atoms with Crippen LogP contribution in [0, 0.1) is 5.92 Å². The van der Waals surface area contributed by atoms with Gasteiger partial charge in [-0.15, -0.1) is 13.2 Å². The van der Waals surface area contributed by atoms with Crippen molar-refractivity contribution in [2.45, 2.75) is 98.6 Å². The lowest BCUT2D eigenvalue weighted by atomic mass is 9.90. The fourth-order valence-electron chi connectivity index (χ4n) is 4.46. The van der Waals surface area contributed by atoms with Crippen molar-refractivity contribution in [1.29, 1.82) is 0 Å². The van der Waals surface area contributed by atoms with E-state index in [0.29, 0.717) is 28.9 Å². The van der Waals surface area contributed by atoms with Crippen molar-refractivity contribution in [3.05, 3.63) is 65.0 Å². The number of hydrogen-bond acceptors (Lipinski definition) is 4. The molecule has 0 saturated carbocycles. The first kappa shape index (κ1) is 34.4. The Morgan fingerprint density at radius 3 is 2.36 bits per heavy atom. The summed E-state index contributed by atoms with van der Waals surface area (Å²) in [6, 6.07) is 4.93. The summed E-state index contributed by atoms with van der Waals surface area (Å²) in [5.74, 6) is 0.563. The van der Waals surface area contributed by atoms with Gasteiger partial charge in [-0.25, -0.2) is 4.39 Å². The first-order chi connectivity index (χ1) is 18.5. The highest BCUT2D eigenvalue weighted by Crippen LogP contribution is 2.40. The van der Waals surface area contributed by atoms with Gasteiger partial charge in [-0.1, -0.05) is 79.2 Å². The zero-order valence-corrected chi connectivity index (χ0v) is 24.6. The van der Waals surface area contributed by atoms with Gasteiger partial charge < -0.3 is 10.5 Å². The van der Waals surface area contributed by atoms with E-state index in [2.05, 4.69) is 30.5 Å². The summed E-state index contributed by atoms with van der Waals surface area (Å²) in [6.45, 7) is 12.7. The molecule has 0 fully saturated rings. The number of likely N-dealkylation sites (N-methyl/N-ethyl adjacent to an activating group) is 1. The van der Waals surface area contributed by atoms with Crippen molar-refractivity contribution < 1.29 is 22.3 Å². The lowest BCUT2D eigenvalue weighted by Gasteiger charge is -2.30. The Morgan fingerprint density at radius 1 is 1.08 bits per heavy atom. The molecule has 4 nitrogen and oxygen atoms in total. The Labute approximate surface area is 232 Å². The third-order valence-corrected chi connectivity index (χ3v) is 6.76. The smallest absolute Gasteiger partial charge is 0.406 e. The maximum Gasteiger partial charge on any atom is 0.573 e. The van der Waals surface area contributed by atoms with Crippen LogP contribution in [0.15, 0.2) is 42.7 Å². The van der Waals surface area contributed by atoms with E-state index >= 15 is 0 Å². The quantitative estimate of drug-likeness (QED) is 0.248. The van der Waals surface area contributed by atoms with Crippen LogP contribution in [0.2, 0.25) is 0 Å². The topological polar surface area (TPSA) is 51.4 Å². The monoisotopic (exact) mass is 553 g/mol. The Hall–Kier alpha value is -2.61. The van der Waals surface area contributed by atoms with E-state index in [1.165, 1.54) is 57.6 Å². The molecule has 0 saturated heterocycles. The maximum absolute atomic E-state index is 14.3. The molecule has 2 aromatic rings. The van der Waals surface area contributed by atoms with Gasteiger partial charge in [-0.3, -0.25) is 9.88 Å². The normalized spacial score (nSPS) is 16.8. The van der Waals surface area contributed by atoms with Gasteiger partial charge in [0.25, 0.3) is 0 Å². The zero-order valence-electron chi connectivity index (χ0n) is 24.6. The molecule has 0 bridgehead atoms. The second kappa shape index (κ2) is 17.2. The largest absolute Gasteiger partial charge is 0.573 e. The maximum atomic E-state index is 14.3. The molecule has 8 heteroatoms. The van der Waals surface area contributed by atoms with E-state index in [9.17, 15) is 17.6 Å². The minimum Gasteiger partial charge on any atom is -0.406 e. The van der Waals surface area contributed by atoms with E-state index < -0.39 is 24.3 Å². The Kier molecular flexibility index (Phi) is 15.1. The molecule has 3 atom stereocenters. The Bertz CT molecular complexity index is 1010. The first-order valence-corrected chi connectivity index (χ1v) is 14.1. The molecule has 2 N–H and O–H groups in total. The van der Waals surface area contributed by atoms with Gasteiger partial charge >= 0.3 is 6.36 Å². The number of pyridine rings is 1. The van der Waals surface area contributed by atoms with Crippen LogP contribution in [0.1, 0.15) is 115 Å². The summed E-state index contributed by atoms with van der Waals surface area (Å²) < 4.78 is 56.3. The highest BCUT2D eigenvalue weighted by molar-refractivity contribution is 5.67. The third-order valence-electron chi connectivity index (χ3n) is 6.76. The number of halogens is 4. The van der Waals surface area contributed by atoms with Gasteiger partial charge in [0.2, 0.25) is 0 Å². The van der Waals surface area contributed by atoms with Crippen LogP contribution in [0.25, 0.3) is 5.70 Å². The van der Waals surface area contributed by atoms with Crippen molar-refractivity contribution in [2.75, 3.05) is 13.6 Å². The molecule has 1 aromatic carbocycles. The van der Waals surface area contributed by atoms with Gasteiger partial charge in [0, 0.05) is 30.2 Å². The van der Waals surface area contributed by atoms with E-state index in [0.717, 1.165) is 17.5 Å².